The molecule has 110 valence electrons. The number of benzene rings is 2. The molecule has 0 aliphatic rings. The molecule has 0 atom stereocenters. The van der Waals surface area contributed by atoms with Crippen molar-refractivity contribution >= 4 is 17.8 Å². The molecule has 2 N–H and O–H groups in total. The fourth-order valence-electron chi connectivity index (χ4n) is 1.61. The molecule has 0 unspecified atom stereocenters. The van der Waals surface area contributed by atoms with Gasteiger partial charge in [0.1, 0.15) is 5.82 Å². The van der Waals surface area contributed by atoms with E-state index < -0.39 is 0 Å². The quantitative estimate of drug-likeness (QED) is 0.656. The Morgan fingerprint density at radius 3 is 2.50 bits per heavy atom. The zero-order valence-corrected chi connectivity index (χ0v) is 11.6. The molecule has 0 aliphatic heterocycles. The largest absolute Gasteiger partial charge is 0.376 e. The van der Waals surface area contributed by atoms with E-state index in [4.69, 9.17) is 5.26 Å². The van der Waals surface area contributed by atoms with Crippen LogP contribution in [0.3, 0.4) is 0 Å². The molecule has 0 spiro atoms. The Labute approximate surface area is 127 Å². The molecule has 2 aromatic rings. The minimum atomic E-state index is -0.331. The Bertz CT molecular complexity index is 702. The number of nitrogens with zero attached hydrogens (tertiary/aromatic N) is 2. The van der Waals surface area contributed by atoms with Crippen LogP contribution in [0.4, 0.5) is 10.1 Å². The molecule has 0 radical (unpaired) electrons. The van der Waals surface area contributed by atoms with Crippen LogP contribution in [0.2, 0.25) is 0 Å². The van der Waals surface area contributed by atoms with Gasteiger partial charge in [0.2, 0.25) is 0 Å². The van der Waals surface area contributed by atoms with Gasteiger partial charge in [0, 0.05) is 5.69 Å². The van der Waals surface area contributed by atoms with Crippen LogP contribution in [0.5, 0.6) is 0 Å². The van der Waals surface area contributed by atoms with Crippen LogP contribution in [0.25, 0.3) is 0 Å². The number of carbonyl (C=O) groups is 1. The molecule has 2 aromatic carbocycles. The average Bonchev–Trinajstić information content (AvgIpc) is 2.55. The highest BCUT2D eigenvalue weighted by molar-refractivity contribution is 5.84. The van der Waals surface area contributed by atoms with Crippen molar-refractivity contribution in [3.05, 3.63) is 65.5 Å². The molecule has 0 aliphatic carbocycles. The van der Waals surface area contributed by atoms with Gasteiger partial charge in [0.25, 0.3) is 5.91 Å². The fraction of sp³-hybridized carbons (Fsp3) is 0.0625. The molecule has 0 aromatic heterocycles. The Kier molecular flexibility index (Phi) is 5.21. The lowest BCUT2D eigenvalue weighted by Crippen LogP contribution is -2.25. The van der Waals surface area contributed by atoms with Gasteiger partial charge in [-0.25, -0.2) is 9.82 Å². The number of carbonyl (C=O) groups excluding carboxylic acids is 1. The first-order valence-corrected chi connectivity index (χ1v) is 6.49. The highest BCUT2D eigenvalue weighted by Crippen LogP contribution is 2.07. The molecule has 5 nitrogen and oxygen atoms in total. The van der Waals surface area contributed by atoms with Gasteiger partial charge in [0.05, 0.1) is 24.4 Å². The van der Waals surface area contributed by atoms with Gasteiger partial charge < -0.3 is 5.32 Å². The molecule has 0 heterocycles. The van der Waals surface area contributed by atoms with E-state index in [1.807, 2.05) is 6.07 Å². The van der Waals surface area contributed by atoms with Crippen LogP contribution >= 0.6 is 0 Å². The first kappa shape index (κ1) is 15.2. The van der Waals surface area contributed by atoms with Gasteiger partial charge in [-0.05, 0) is 42.0 Å². The van der Waals surface area contributed by atoms with E-state index in [1.54, 1.807) is 36.4 Å². The summed E-state index contributed by atoms with van der Waals surface area (Å²) in [5.41, 5.74) is 4.35. The average molecular weight is 296 g/mol. The summed E-state index contributed by atoms with van der Waals surface area (Å²) in [7, 11) is 0. The summed E-state index contributed by atoms with van der Waals surface area (Å²) in [6, 6.07) is 14.5. The summed E-state index contributed by atoms with van der Waals surface area (Å²) in [5.74, 6) is -0.656. The monoisotopic (exact) mass is 296 g/mol. The number of anilines is 1. The second kappa shape index (κ2) is 7.55. The number of hydrogen-bond donors (Lipinski definition) is 2. The third-order valence-electron chi connectivity index (χ3n) is 2.74. The van der Waals surface area contributed by atoms with E-state index in [0.717, 1.165) is 5.56 Å². The summed E-state index contributed by atoms with van der Waals surface area (Å²) in [5, 5.41) is 15.3. The molecule has 6 heteroatoms. The third-order valence-corrected chi connectivity index (χ3v) is 2.74. The lowest BCUT2D eigenvalue weighted by Gasteiger charge is -2.04. The molecule has 22 heavy (non-hydrogen) atoms. The van der Waals surface area contributed by atoms with Gasteiger partial charge >= 0.3 is 0 Å². The van der Waals surface area contributed by atoms with Crippen LogP contribution < -0.4 is 10.7 Å². The maximum atomic E-state index is 12.7. The van der Waals surface area contributed by atoms with Crippen molar-refractivity contribution in [3.63, 3.8) is 0 Å². The molecule has 0 fully saturated rings. The molecule has 0 saturated carbocycles. The molecule has 0 bridgehead atoms. The third kappa shape index (κ3) is 4.72. The van der Waals surface area contributed by atoms with E-state index in [2.05, 4.69) is 15.8 Å². The first-order valence-electron chi connectivity index (χ1n) is 6.49. The first-order chi connectivity index (χ1) is 10.7. The number of rotatable bonds is 5. The number of hydrogen-bond acceptors (Lipinski definition) is 4. The summed E-state index contributed by atoms with van der Waals surface area (Å²) in [4.78, 5) is 11.6. The van der Waals surface area contributed by atoms with Gasteiger partial charge in [-0.2, -0.15) is 10.4 Å². The smallest absolute Gasteiger partial charge is 0.259 e. The van der Waals surface area contributed by atoms with Crippen molar-refractivity contribution in [2.45, 2.75) is 0 Å². The lowest BCUT2D eigenvalue weighted by atomic mass is 10.2. The molecular weight excluding hydrogens is 283 g/mol. The zero-order chi connectivity index (χ0) is 15.8. The van der Waals surface area contributed by atoms with Crippen LogP contribution in [0.15, 0.2) is 53.6 Å². The number of nitriles is 1. The molecule has 0 saturated heterocycles. The van der Waals surface area contributed by atoms with Gasteiger partial charge in [-0.15, -0.1) is 0 Å². The standard InChI is InChI=1S/C16H13FN4O/c17-14-5-7-15(8-6-14)19-11-16(22)21-20-10-13-3-1-12(9-18)2-4-13/h1-8,10,19H,11H2,(H,21,22)/b20-10-. The molecular formula is C16H13FN4O. The second-order valence-corrected chi connectivity index (χ2v) is 4.39. The SMILES string of the molecule is N#Cc1ccc(/C=N\NC(=O)CNc2ccc(F)cc2)cc1. The van der Waals surface area contributed by atoms with Crippen molar-refractivity contribution in [2.75, 3.05) is 11.9 Å². The van der Waals surface area contributed by atoms with Crippen molar-refractivity contribution in [3.8, 4) is 6.07 Å². The molecule has 2 rings (SSSR count). The van der Waals surface area contributed by atoms with Gasteiger partial charge in [-0.3, -0.25) is 4.79 Å². The van der Waals surface area contributed by atoms with Crippen LogP contribution in [-0.2, 0) is 4.79 Å². The van der Waals surface area contributed by atoms with Gasteiger partial charge in [-0.1, -0.05) is 12.1 Å². The number of nitrogens with one attached hydrogen (secondary N) is 2. The van der Waals surface area contributed by atoms with Crippen molar-refractivity contribution in [2.24, 2.45) is 5.10 Å². The van der Waals surface area contributed by atoms with Crippen molar-refractivity contribution in [1.82, 2.24) is 5.43 Å². The lowest BCUT2D eigenvalue weighted by molar-refractivity contribution is -0.119. The molecule has 1 amide bonds. The normalized spacial score (nSPS) is 10.2. The van der Waals surface area contributed by atoms with Crippen molar-refractivity contribution < 1.29 is 9.18 Å². The fourth-order valence-corrected chi connectivity index (χ4v) is 1.61. The Morgan fingerprint density at radius 1 is 1.18 bits per heavy atom. The predicted molar refractivity (Wildman–Crippen MR) is 81.8 cm³/mol. The maximum Gasteiger partial charge on any atom is 0.259 e. The summed E-state index contributed by atoms with van der Waals surface area (Å²) in [6.07, 6.45) is 1.48. The Hall–Kier alpha value is -3.20. The van der Waals surface area contributed by atoms with Crippen LogP contribution in [-0.4, -0.2) is 18.7 Å². The topological polar surface area (TPSA) is 77.3 Å². The van der Waals surface area contributed by atoms with E-state index >= 15 is 0 Å². The van der Waals surface area contributed by atoms with Crippen LogP contribution in [0.1, 0.15) is 11.1 Å². The number of amides is 1. The highest BCUT2D eigenvalue weighted by Gasteiger charge is 1.99. The van der Waals surface area contributed by atoms with E-state index in [9.17, 15) is 9.18 Å². The summed E-state index contributed by atoms with van der Waals surface area (Å²) in [6.45, 7) is 0.0241. The minimum absolute atomic E-state index is 0.0241. The Morgan fingerprint density at radius 2 is 1.86 bits per heavy atom. The van der Waals surface area contributed by atoms with E-state index in [1.165, 1.54) is 18.3 Å². The van der Waals surface area contributed by atoms with Crippen molar-refractivity contribution in [1.29, 1.82) is 5.26 Å². The zero-order valence-electron chi connectivity index (χ0n) is 11.6. The summed E-state index contributed by atoms with van der Waals surface area (Å²) >= 11 is 0. The highest BCUT2D eigenvalue weighted by atomic mass is 19.1. The predicted octanol–water partition coefficient (Wildman–Crippen LogP) is 2.26. The second-order valence-electron chi connectivity index (χ2n) is 4.39. The number of hydrazone groups is 1. The summed E-state index contributed by atoms with van der Waals surface area (Å²) < 4.78 is 12.7. The maximum absolute atomic E-state index is 12.7. The number of halogens is 1. The minimum Gasteiger partial charge on any atom is -0.376 e. The van der Waals surface area contributed by atoms with Crippen LogP contribution in [0, 0.1) is 17.1 Å². The van der Waals surface area contributed by atoms with Gasteiger partial charge in [0.15, 0.2) is 0 Å². The van der Waals surface area contributed by atoms with E-state index in [0.29, 0.717) is 11.3 Å². The Balaban J connectivity index is 1.78. The van der Waals surface area contributed by atoms with E-state index in [-0.39, 0.29) is 18.3 Å².